The number of nitrogens with two attached hydrogens (primary N) is 1. The second kappa shape index (κ2) is 6.74. The zero-order chi connectivity index (χ0) is 15.4. The van der Waals surface area contributed by atoms with Crippen molar-refractivity contribution < 1.29 is 4.79 Å². The monoisotopic (exact) mass is 303 g/mol. The molecule has 2 rings (SSSR count). The zero-order valence-electron chi connectivity index (χ0n) is 12.6. The number of likely N-dealkylation sites (N-methyl/N-ethyl adjacent to an activating group) is 1. The topological polar surface area (TPSA) is 58.4 Å². The van der Waals surface area contributed by atoms with E-state index in [2.05, 4.69) is 18.3 Å². The summed E-state index contributed by atoms with van der Waals surface area (Å²) in [6, 6.07) is 9.95. The molecule has 0 radical (unpaired) electrons. The highest BCUT2D eigenvalue weighted by molar-refractivity contribution is 7.10. The van der Waals surface area contributed by atoms with Crippen LogP contribution in [0.25, 0.3) is 0 Å². The van der Waals surface area contributed by atoms with Crippen molar-refractivity contribution >= 4 is 28.6 Å². The zero-order valence-corrected chi connectivity index (χ0v) is 13.4. The summed E-state index contributed by atoms with van der Waals surface area (Å²) in [7, 11) is 1.95. The fourth-order valence-corrected chi connectivity index (χ4v) is 2.94. The molecule has 0 saturated carbocycles. The molecule has 1 amide bonds. The fraction of sp³-hybridized carbons (Fsp3) is 0.312. The lowest BCUT2D eigenvalue weighted by Gasteiger charge is -2.23. The van der Waals surface area contributed by atoms with Crippen LogP contribution >= 0.6 is 11.3 Å². The van der Waals surface area contributed by atoms with Crippen LogP contribution in [0, 0.1) is 6.92 Å². The Labute approximate surface area is 129 Å². The second-order valence-electron chi connectivity index (χ2n) is 5.25. The molecule has 0 saturated heterocycles. The van der Waals surface area contributed by atoms with Crippen LogP contribution in [0.2, 0.25) is 0 Å². The smallest absolute Gasteiger partial charge is 0.238 e. The molecule has 3 N–H and O–H groups in total. The van der Waals surface area contributed by atoms with Crippen LogP contribution in [0.5, 0.6) is 0 Å². The third-order valence-electron chi connectivity index (χ3n) is 3.49. The van der Waals surface area contributed by atoms with E-state index in [9.17, 15) is 4.79 Å². The van der Waals surface area contributed by atoms with E-state index in [0.717, 1.165) is 5.56 Å². The lowest BCUT2D eigenvalue weighted by atomic mass is 10.2. The molecule has 5 heteroatoms. The molecule has 21 heavy (non-hydrogen) atoms. The first-order valence-corrected chi connectivity index (χ1v) is 7.75. The molecule has 1 aromatic carbocycles. The number of rotatable bonds is 5. The molecular formula is C16H21N3OS. The molecular weight excluding hydrogens is 282 g/mol. The van der Waals surface area contributed by atoms with E-state index >= 15 is 0 Å². The third-order valence-corrected chi connectivity index (χ3v) is 4.53. The predicted octanol–water partition coefficient (Wildman–Crippen LogP) is 3.27. The molecule has 1 aromatic heterocycles. The summed E-state index contributed by atoms with van der Waals surface area (Å²) in [5.41, 5.74) is 8.25. The van der Waals surface area contributed by atoms with Crippen LogP contribution in [0.3, 0.4) is 0 Å². The summed E-state index contributed by atoms with van der Waals surface area (Å²) in [4.78, 5) is 15.4. The average Bonchev–Trinajstić information content (AvgIpc) is 2.95. The predicted molar refractivity (Wildman–Crippen MR) is 89.6 cm³/mol. The van der Waals surface area contributed by atoms with Gasteiger partial charge in [-0.05, 0) is 50.0 Å². The van der Waals surface area contributed by atoms with Crippen LogP contribution in [0.1, 0.15) is 23.4 Å². The first kappa shape index (κ1) is 15.5. The average molecular weight is 303 g/mol. The summed E-state index contributed by atoms with van der Waals surface area (Å²) >= 11 is 1.70. The number of thiophene rings is 1. The summed E-state index contributed by atoms with van der Waals surface area (Å²) in [6.07, 6.45) is 0. The van der Waals surface area contributed by atoms with E-state index in [1.807, 2.05) is 48.5 Å². The Morgan fingerprint density at radius 1 is 1.43 bits per heavy atom. The van der Waals surface area contributed by atoms with Crippen LogP contribution in [-0.2, 0) is 4.79 Å². The maximum absolute atomic E-state index is 12.1. The lowest BCUT2D eigenvalue weighted by Crippen LogP contribution is -2.32. The normalized spacial score (nSPS) is 12.4. The van der Waals surface area contributed by atoms with Crippen molar-refractivity contribution in [3.63, 3.8) is 0 Å². The van der Waals surface area contributed by atoms with Gasteiger partial charge in [-0.2, -0.15) is 0 Å². The standard InChI is InChI=1S/C16H21N3OS/c1-11-6-7-14(13(17)9-11)18-16(20)10-19(3)12(2)15-5-4-8-21-15/h4-9,12H,10,17H2,1-3H3,(H,18,20). The largest absolute Gasteiger partial charge is 0.397 e. The van der Waals surface area contributed by atoms with E-state index < -0.39 is 0 Å². The Morgan fingerprint density at radius 3 is 2.81 bits per heavy atom. The van der Waals surface area contributed by atoms with Crippen molar-refractivity contribution in [3.8, 4) is 0 Å². The Hall–Kier alpha value is -1.85. The molecule has 2 aromatic rings. The summed E-state index contributed by atoms with van der Waals surface area (Å²) in [5, 5.41) is 4.91. The van der Waals surface area contributed by atoms with Gasteiger partial charge in [-0.1, -0.05) is 12.1 Å². The summed E-state index contributed by atoms with van der Waals surface area (Å²) < 4.78 is 0. The molecule has 0 aliphatic rings. The number of carbonyl (C=O) groups is 1. The van der Waals surface area contributed by atoms with Crippen molar-refractivity contribution in [1.29, 1.82) is 0 Å². The minimum Gasteiger partial charge on any atom is -0.397 e. The number of benzene rings is 1. The van der Waals surface area contributed by atoms with Gasteiger partial charge >= 0.3 is 0 Å². The van der Waals surface area contributed by atoms with E-state index in [0.29, 0.717) is 17.9 Å². The Kier molecular flexibility index (Phi) is 4.98. The van der Waals surface area contributed by atoms with Crippen LogP contribution in [0.4, 0.5) is 11.4 Å². The van der Waals surface area contributed by atoms with Gasteiger partial charge in [0.1, 0.15) is 0 Å². The molecule has 0 spiro atoms. The van der Waals surface area contributed by atoms with E-state index in [1.54, 1.807) is 11.3 Å². The number of aryl methyl sites for hydroxylation is 1. The van der Waals surface area contributed by atoms with Gasteiger partial charge in [-0.25, -0.2) is 0 Å². The molecule has 0 fully saturated rings. The van der Waals surface area contributed by atoms with Gasteiger partial charge in [0.25, 0.3) is 0 Å². The van der Waals surface area contributed by atoms with E-state index in [4.69, 9.17) is 5.73 Å². The van der Waals surface area contributed by atoms with E-state index in [-0.39, 0.29) is 11.9 Å². The highest BCUT2D eigenvalue weighted by atomic mass is 32.1. The molecule has 4 nitrogen and oxygen atoms in total. The fourth-order valence-electron chi connectivity index (χ4n) is 2.10. The Bertz CT molecular complexity index is 610. The first-order valence-electron chi connectivity index (χ1n) is 6.87. The molecule has 0 aliphatic heterocycles. The van der Waals surface area contributed by atoms with Gasteiger partial charge in [-0.3, -0.25) is 9.69 Å². The Balaban J connectivity index is 1.95. The SMILES string of the molecule is Cc1ccc(NC(=O)CN(C)C(C)c2cccs2)c(N)c1. The van der Waals surface area contributed by atoms with Gasteiger partial charge < -0.3 is 11.1 Å². The van der Waals surface area contributed by atoms with Gasteiger partial charge in [0.05, 0.1) is 17.9 Å². The molecule has 1 atom stereocenters. The highest BCUT2D eigenvalue weighted by Gasteiger charge is 2.16. The maximum Gasteiger partial charge on any atom is 0.238 e. The van der Waals surface area contributed by atoms with Crippen LogP contribution < -0.4 is 11.1 Å². The summed E-state index contributed by atoms with van der Waals surface area (Å²) in [5.74, 6) is -0.0588. The van der Waals surface area contributed by atoms with Crippen LogP contribution in [-0.4, -0.2) is 24.4 Å². The van der Waals surface area contributed by atoms with Gasteiger partial charge in [0.2, 0.25) is 5.91 Å². The third kappa shape index (κ3) is 4.06. The number of hydrogen-bond donors (Lipinski definition) is 2. The maximum atomic E-state index is 12.1. The number of amides is 1. The number of nitrogen functional groups attached to an aromatic ring is 1. The van der Waals surface area contributed by atoms with Crippen molar-refractivity contribution in [1.82, 2.24) is 4.90 Å². The molecule has 1 heterocycles. The molecule has 112 valence electrons. The van der Waals surface area contributed by atoms with Crippen molar-refractivity contribution in [2.75, 3.05) is 24.6 Å². The highest BCUT2D eigenvalue weighted by Crippen LogP contribution is 2.23. The van der Waals surface area contributed by atoms with Gasteiger partial charge in [-0.15, -0.1) is 11.3 Å². The number of anilines is 2. The summed E-state index contributed by atoms with van der Waals surface area (Å²) in [6.45, 7) is 4.39. The molecule has 1 unspecified atom stereocenters. The number of hydrogen-bond acceptors (Lipinski definition) is 4. The minimum atomic E-state index is -0.0588. The lowest BCUT2D eigenvalue weighted by molar-refractivity contribution is -0.117. The number of carbonyl (C=O) groups excluding carboxylic acids is 1. The first-order chi connectivity index (χ1) is 9.97. The van der Waals surface area contributed by atoms with Crippen molar-refractivity contribution in [3.05, 3.63) is 46.2 Å². The number of nitrogens with zero attached hydrogens (tertiary/aromatic N) is 1. The van der Waals surface area contributed by atoms with E-state index in [1.165, 1.54) is 4.88 Å². The second-order valence-corrected chi connectivity index (χ2v) is 6.22. The van der Waals surface area contributed by atoms with Crippen molar-refractivity contribution in [2.24, 2.45) is 0 Å². The van der Waals surface area contributed by atoms with Crippen LogP contribution in [0.15, 0.2) is 35.7 Å². The van der Waals surface area contributed by atoms with Crippen molar-refractivity contribution in [2.45, 2.75) is 19.9 Å². The van der Waals surface area contributed by atoms with Gasteiger partial charge in [0, 0.05) is 10.9 Å². The number of nitrogens with one attached hydrogen (secondary N) is 1. The molecule has 0 aliphatic carbocycles. The quantitative estimate of drug-likeness (QED) is 0.833. The molecule has 0 bridgehead atoms. The van der Waals surface area contributed by atoms with Gasteiger partial charge in [0.15, 0.2) is 0 Å². The minimum absolute atomic E-state index is 0.0588. The Morgan fingerprint density at radius 2 is 2.19 bits per heavy atom.